The lowest BCUT2D eigenvalue weighted by molar-refractivity contribution is -0.147. The number of amides is 1. The maximum Gasteiger partial charge on any atom is 0.311 e. The Balaban J connectivity index is 2.49. The lowest BCUT2D eigenvalue weighted by Gasteiger charge is -2.24. The number of hydrogen-bond acceptors (Lipinski definition) is 3. The first kappa shape index (κ1) is 14.0. The minimum atomic E-state index is -0.823. The molecule has 0 spiro atoms. The molecule has 0 aromatic rings. The van der Waals surface area contributed by atoms with Crippen LogP contribution in [0.2, 0.25) is 0 Å². The number of carboxylic acid groups (broad SMARTS) is 1. The Bertz CT molecular complexity index is 322. The van der Waals surface area contributed by atoms with Gasteiger partial charge in [-0.3, -0.25) is 9.59 Å². The fraction of sp³-hybridized carbons (Fsp3) is 0.833. The summed E-state index contributed by atoms with van der Waals surface area (Å²) >= 11 is 0. The molecule has 1 atom stereocenters. The van der Waals surface area contributed by atoms with E-state index >= 15 is 0 Å². The number of carbonyl (C=O) groups excluding carboxylic acids is 1. The van der Waals surface area contributed by atoms with E-state index in [-0.39, 0.29) is 18.0 Å². The van der Waals surface area contributed by atoms with Crippen molar-refractivity contribution in [3.63, 3.8) is 0 Å². The van der Waals surface area contributed by atoms with Crippen LogP contribution >= 0.6 is 0 Å². The van der Waals surface area contributed by atoms with Crippen LogP contribution in [0.3, 0.4) is 0 Å². The largest absolute Gasteiger partial charge is 0.481 e. The van der Waals surface area contributed by atoms with E-state index in [9.17, 15) is 9.59 Å². The summed E-state index contributed by atoms with van der Waals surface area (Å²) in [6, 6.07) is 0. The third kappa shape index (κ3) is 3.70. The van der Waals surface area contributed by atoms with E-state index in [1.807, 2.05) is 20.8 Å². The smallest absolute Gasteiger partial charge is 0.311 e. The van der Waals surface area contributed by atoms with Crippen molar-refractivity contribution in [3.05, 3.63) is 0 Å². The maximum atomic E-state index is 11.9. The van der Waals surface area contributed by atoms with Gasteiger partial charge < -0.3 is 15.3 Å². The van der Waals surface area contributed by atoms with Crippen molar-refractivity contribution < 1.29 is 14.7 Å². The highest BCUT2D eigenvalue weighted by molar-refractivity contribution is 5.81. The third-order valence-electron chi connectivity index (χ3n) is 3.11. The number of hydrogen-bond donors (Lipinski definition) is 2. The number of nitrogens with one attached hydrogen (secondary N) is 1. The van der Waals surface area contributed by atoms with Crippen LogP contribution < -0.4 is 5.32 Å². The summed E-state index contributed by atoms with van der Waals surface area (Å²) in [5.41, 5.74) is -0.886. The van der Waals surface area contributed by atoms with Crippen LogP contribution in [0.4, 0.5) is 0 Å². The van der Waals surface area contributed by atoms with Gasteiger partial charge in [-0.2, -0.15) is 0 Å². The normalized spacial score (nSPS) is 25.1. The molecule has 0 radical (unpaired) electrons. The number of rotatable bonds is 3. The zero-order valence-corrected chi connectivity index (χ0v) is 11.0. The molecular weight excluding hydrogens is 220 g/mol. The van der Waals surface area contributed by atoms with Crippen LogP contribution in [-0.4, -0.2) is 47.1 Å². The van der Waals surface area contributed by atoms with Crippen LogP contribution in [0.25, 0.3) is 0 Å². The predicted molar refractivity (Wildman–Crippen MR) is 64.7 cm³/mol. The van der Waals surface area contributed by atoms with Crippen molar-refractivity contribution in [1.29, 1.82) is 0 Å². The van der Waals surface area contributed by atoms with E-state index in [1.54, 1.807) is 11.8 Å². The quantitative estimate of drug-likeness (QED) is 0.764. The number of nitrogens with zero attached hydrogens (tertiary/aromatic N) is 1. The SMILES string of the molecule is CC(C)(C)NCC(=O)N1CCC(C)(C(=O)O)C1. The van der Waals surface area contributed by atoms with Crippen LogP contribution in [0.1, 0.15) is 34.1 Å². The van der Waals surface area contributed by atoms with Gasteiger partial charge in [-0.15, -0.1) is 0 Å². The molecule has 0 aromatic heterocycles. The van der Waals surface area contributed by atoms with Crippen molar-refractivity contribution in [3.8, 4) is 0 Å². The molecule has 0 aromatic carbocycles. The lowest BCUT2D eigenvalue weighted by atomic mass is 9.90. The first-order chi connectivity index (χ1) is 7.64. The molecule has 0 bridgehead atoms. The minimum absolute atomic E-state index is 0.0232. The van der Waals surface area contributed by atoms with E-state index in [1.165, 1.54) is 0 Å². The Hall–Kier alpha value is -1.10. The first-order valence-corrected chi connectivity index (χ1v) is 5.90. The minimum Gasteiger partial charge on any atom is -0.481 e. The third-order valence-corrected chi connectivity index (χ3v) is 3.11. The van der Waals surface area contributed by atoms with Crippen LogP contribution in [0.15, 0.2) is 0 Å². The summed E-state index contributed by atoms with van der Waals surface area (Å²) < 4.78 is 0. The summed E-state index contributed by atoms with van der Waals surface area (Å²) in [6.45, 7) is 8.78. The standard InChI is InChI=1S/C12H22N2O3/c1-11(2,3)13-7-9(15)14-6-5-12(4,8-14)10(16)17/h13H,5-8H2,1-4H3,(H,16,17). The molecule has 1 unspecified atom stereocenters. The molecular formula is C12H22N2O3. The van der Waals surface area contributed by atoms with Crippen molar-refractivity contribution >= 4 is 11.9 Å². The van der Waals surface area contributed by atoms with Crippen molar-refractivity contribution in [2.75, 3.05) is 19.6 Å². The zero-order chi connectivity index (χ0) is 13.3. The van der Waals surface area contributed by atoms with Gasteiger partial charge in [-0.1, -0.05) is 0 Å². The highest BCUT2D eigenvalue weighted by Gasteiger charge is 2.41. The molecule has 1 rings (SSSR count). The summed E-state index contributed by atoms with van der Waals surface area (Å²) in [7, 11) is 0. The summed E-state index contributed by atoms with van der Waals surface area (Å²) in [6.07, 6.45) is 0.531. The summed E-state index contributed by atoms with van der Waals surface area (Å²) in [5.74, 6) is -0.846. The zero-order valence-electron chi connectivity index (χ0n) is 11.0. The van der Waals surface area contributed by atoms with Crippen LogP contribution in [0.5, 0.6) is 0 Å². The number of aliphatic carboxylic acids is 1. The average molecular weight is 242 g/mol. The molecule has 1 amide bonds. The van der Waals surface area contributed by atoms with Gasteiger partial charge in [0, 0.05) is 18.6 Å². The van der Waals surface area contributed by atoms with Crippen molar-refractivity contribution in [2.24, 2.45) is 5.41 Å². The van der Waals surface area contributed by atoms with E-state index < -0.39 is 11.4 Å². The molecule has 5 nitrogen and oxygen atoms in total. The van der Waals surface area contributed by atoms with Crippen LogP contribution in [0, 0.1) is 5.41 Å². The fourth-order valence-electron chi connectivity index (χ4n) is 1.80. The van der Waals surface area contributed by atoms with E-state index in [4.69, 9.17) is 5.11 Å². The second-order valence-electron chi connectivity index (χ2n) is 6.03. The monoisotopic (exact) mass is 242 g/mol. The average Bonchev–Trinajstić information content (AvgIpc) is 2.58. The van der Waals surface area contributed by atoms with Gasteiger partial charge in [-0.05, 0) is 34.1 Å². The van der Waals surface area contributed by atoms with Gasteiger partial charge in [0.25, 0.3) is 0 Å². The van der Waals surface area contributed by atoms with Gasteiger partial charge in [0.15, 0.2) is 0 Å². The van der Waals surface area contributed by atoms with E-state index in [0.717, 1.165) is 0 Å². The number of carbonyl (C=O) groups is 2. The van der Waals surface area contributed by atoms with Gasteiger partial charge in [0.1, 0.15) is 0 Å². The topological polar surface area (TPSA) is 69.6 Å². The lowest BCUT2D eigenvalue weighted by Crippen LogP contribution is -2.45. The molecule has 1 fully saturated rings. The molecule has 1 saturated heterocycles. The van der Waals surface area contributed by atoms with Gasteiger partial charge >= 0.3 is 5.97 Å². The Morgan fingerprint density at radius 1 is 1.41 bits per heavy atom. The Morgan fingerprint density at radius 2 is 2.00 bits per heavy atom. The maximum absolute atomic E-state index is 11.9. The van der Waals surface area contributed by atoms with E-state index in [2.05, 4.69) is 5.32 Å². The molecule has 1 aliphatic heterocycles. The fourth-order valence-corrected chi connectivity index (χ4v) is 1.80. The molecule has 5 heteroatoms. The molecule has 1 aliphatic rings. The van der Waals surface area contributed by atoms with Gasteiger partial charge in [-0.25, -0.2) is 0 Å². The highest BCUT2D eigenvalue weighted by atomic mass is 16.4. The van der Waals surface area contributed by atoms with E-state index in [0.29, 0.717) is 19.5 Å². The van der Waals surface area contributed by atoms with Crippen molar-refractivity contribution in [2.45, 2.75) is 39.7 Å². The molecule has 17 heavy (non-hydrogen) atoms. The van der Waals surface area contributed by atoms with Crippen LogP contribution in [-0.2, 0) is 9.59 Å². The first-order valence-electron chi connectivity index (χ1n) is 5.90. The second-order valence-corrected chi connectivity index (χ2v) is 6.03. The Morgan fingerprint density at radius 3 is 2.41 bits per heavy atom. The molecule has 98 valence electrons. The molecule has 0 saturated carbocycles. The number of carboxylic acids is 1. The van der Waals surface area contributed by atoms with Gasteiger partial charge in [0.2, 0.25) is 5.91 Å². The summed E-state index contributed by atoms with van der Waals surface area (Å²) in [4.78, 5) is 24.6. The predicted octanol–water partition coefficient (Wildman–Crippen LogP) is 0.698. The summed E-state index contributed by atoms with van der Waals surface area (Å²) in [5, 5.41) is 12.2. The Kier molecular flexibility index (Phi) is 3.81. The molecule has 2 N–H and O–H groups in total. The molecule has 1 heterocycles. The highest BCUT2D eigenvalue weighted by Crippen LogP contribution is 2.29. The molecule has 0 aliphatic carbocycles. The van der Waals surface area contributed by atoms with Crippen molar-refractivity contribution in [1.82, 2.24) is 10.2 Å². The second kappa shape index (κ2) is 4.64. The Labute approximate surface area is 102 Å². The van der Waals surface area contributed by atoms with Gasteiger partial charge in [0.05, 0.1) is 12.0 Å². The number of likely N-dealkylation sites (tertiary alicyclic amines) is 1.